The van der Waals surface area contributed by atoms with Gasteiger partial charge in [-0.25, -0.2) is 0 Å². The number of aryl methyl sites for hydroxylation is 1. The van der Waals surface area contributed by atoms with E-state index in [1.54, 1.807) is 4.68 Å². The SMILES string of the molecule is CN(C)CCCNC(=S)NCc1cnn(C)c1. The fraction of sp³-hybridized carbons (Fsp3) is 0.636. The third-order valence-electron chi connectivity index (χ3n) is 2.28. The van der Waals surface area contributed by atoms with Gasteiger partial charge in [0.1, 0.15) is 0 Å². The van der Waals surface area contributed by atoms with Crippen molar-refractivity contribution in [3.63, 3.8) is 0 Å². The number of rotatable bonds is 6. The second-order valence-electron chi connectivity index (χ2n) is 4.29. The van der Waals surface area contributed by atoms with E-state index in [0.29, 0.717) is 11.7 Å². The van der Waals surface area contributed by atoms with Crippen molar-refractivity contribution in [1.29, 1.82) is 0 Å². The average Bonchev–Trinajstić information content (AvgIpc) is 2.67. The van der Waals surface area contributed by atoms with Crippen molar-refractivity contribution in [2.45, 2.75) is 13.0 Å². The molecule has 0 radical (unpaired) electrons. The molecule has 96 valence electrons. The highest BCUT2D eigenvalue weighted by atomic mass is 32.1. The number of nitrogens with one attached hydrogen (secondary N) is 2. The normalized spacial score (nSPS) is 10.6. The molecule has 6 heteroatoms. The number of thiocarbonyl (C=S) groups is 1. The van der Waals surface area contributed by atoms with Crippen molar-refractivity contribution in [3.8, 4) is 0 Å². The molecule has 0 amide bonds. The Morgan fingerprint density at radius 1 is 1.47 bits per heavy atom. The van der Waals surface area contributed by atoms with Crippen LogP contribution in [-0.4, -0.2) is 47.0 Å². The maximum atomic E-state index is 5.18. The summed E-state index contributed by atoms with van der Waals surface area (Å²) in [5, 5.41) is 11.1. The Labute approximate surface area is 108 Å². The standard InChI is InChI=1S/C11H21N5S/c1-15(2)6-4-5-12-11(17)13-7-10-8-14-16(3)9-10/h8-9H,4-7H2,1-3H3,(H2,12,13,17). The van der Waals surface area contributed by atoms with Gasteiger partial charge in [0, 0.05) is 31.9 Å². The van der Waals surface area contributed by atoms with E-state index in [2.05, 4.69) is 34.7 Å². The summed E-state index contributed by atoms with van der Waals surface area (Å²) in [6, 6.07) is 0. The summed E-state index contributed by atoms with van der Waals surface area (Å²) in [5.74, 6) is 0. The van der Waals surface area contributed by atoms with Crippen molar-refractivity contribution >= 4 is 17.3 Å². The number of hydrogen-bond acceptors (Lipinski definition) is 3. The molecule has 17 heavy (non-hydrogen) atoms. The molecular formula is C11H21N5S. The molecule has 0 saturated carbocycles. The lowest BCUT2D eigenvalue weighted by atomic mass is 10.3. The summed E-state index contributed by atoms with van der Waals surface area (Å²) >= 11 is 5.18. The minimum atomic E-state index is 0.701. The minimum Gasteiger partial charge on any atom is -0.363 e. The molecule has 0 aliphatic rings. The van der Waals surface area contributed by atoms with Crippen LogP contribution in [0.3, 0.4) is 0 Å². The largest absolute Gasteiger partial charge is 0.363 e. The van der Waals surface area contributed by atoms with Gasteiger partial charge in [0.25, 0.3) is 0 Å². The molecule has 0 fully saturated rings. The van der Waals surface area contributed by atoms with E-state index in [1.165, 1.54) is 0 Å². The highest BCUT2D eigenvalue weighted by Crippen LogP contribution is 1.94. The fourth-order valence-electron chi connectivity index (χ4n) is 1.41. The first kappa shape index (κ1) is 13.9. The molecule has 0 aliphatic carbocycles. The minimum absolute atomic E-state index is 0.701. The Morgan fingerprint density at radius 2 is 2.24 bits per heavy atom. The van der Waals surface area contributed by atoms with Crippen molar-refractivity contribution in [2.75, 3.05) is 27.2 Å². The van der Waals surface area contributed by atoms with Crippen LogP contribution in [0.2, 0.25) is 0 Å². The van der Waals surface area contributed by atoms with E-state index in [-0.39, 0.29) is 0 Å². The first-order chi connectivity index (χ1) is 8.08. The van der Waals surface area contributed by atoms with Crippen LogP contribution in [-0.2, 0) is 13.6 Å². The molecule has 0 bridgehead atoms. The summed E-state index contributed by atoms with van der Waals surface area (Å²) in [5.41, 5.74) is 1.13. The van der Waals surface area contributed by atoms with Crippen LogP contribution in [0.5, 0.6) is 0 Å². The van der Waals surface area contributed by atoms with Crippen LogP contribution in [0.25, 0.3) is 0 Å². The van der Waals surface area contributed by atoms with Crippen LogP contribution in [0.4, 0.5) is 0 Å². The smallest absolute Gasteiger partial charge is 0.166 e. The van der Waals surface area contributed by atoms with E-state index in [4.69, 9.17) is 12.2 Å². The molecule has 1 aromatic rings. The van der Waals surface area contributed by atoms with Crippen LogP contribution >= 0.6 is 12.2 Å². The number of aromatic nitrogens is 2. The van der Waals surface area contributed by atoms with Gasteiger partial charge in [-0.15, -0.1) is 0 Å². The molecule has 1 aromatic heterocycles. The molecule has 0 aliphatic heterocycles. The maximum Gasteiger partial charge on any atom is 0.166 e. The summed E-state index contributed by atoms with van der Waals surface area (Å²) in [7, 11) is 6.04. The molecule has 5 nitrogen and oxygen atoms in total. The second kappa shape index (κ2) is 7.24. The monoisotopic (exact) mass is 255 g/mol. The van der Waals surface area contributed by atoms with Crippen LogP contribution < -0.4 is 10.6 Å². The zero-order chi connectivity index (χ0) is 12.7. The summed E-state index contributed by atoms with van der Waals surface area (Å²) in [6.07, 6.45) is 4.89. The predicted octanol–water partition coefficient (Wildman–Crippen LogP) is 0.336. The third kappa shape index (κ3) is 6.23. The van der Waals surface area contributed by atoms with Crippen LogP contribution in [0, 0.1) is 0 Å². The van der Waals surface area contributed by atoms with E-state index in [1.807, 2.05) is 19.4 Å². The van der Waals surface area contributed by atoms with Crippen molar-refractivity contribution in [2.24, 2.45) is 7.05 Å². The second-order valence-corrected chi connectivity index (χ2v) is 4.70. The Balaban J connectivity index is 2.09. The van der Waals surface area contributed by atoms with E-state index in [9.17, 15) is 0 Å². The molecule has 0 aromatic carbocycles. The highest BCUT2D eigenvalue weighted by Gasteiger charge is 1.98. The van der Waals surface area contributed by atoms with Gasteiger partial charge in [-0.05, 0) is 39.3 Å². The van der Waals surface area contributed by atoms with Crippen LogP contribution in [0.1, 0.15) is 12.0 Å². The molecule has 0 saturated heterocycles. The highest BCUT2D eigenvalue weighted by molar-refractivity contribution is 7.80. The lowest BCUT2D eigenvalue weighted by molar-refractivity contribution is 0.400. The molecule has 0 unspecified atom stereocenters. The maximum absolute atomic E-state index is 5.18. The molecule has 1 rings (SSSR count). The van der Waals surface area contributed by atoms with Crippen molar-refractivity contribution in [3.05, 3.63) is 18.0 Å². The number of nitrogens with zero attached hydrogens (tertiary/aromatic N) is 3. The van der Waals surface area contributed by atoms with Gasteiger partial charge in [0.05, 0.1) is 6.20 Å². The molecule has 1 heterocycles. The third-order valence-corrected chi connectivity index (χ3v) is 2.57. The topological polar surface area (TPSA) is 45.1 Å². The first-order valence-corrected chi connectivity index (χ1v) is 6.12. The number of hydrogen-bond donors (Lipinski definition) is 2. The first-order valence-electron chi connectivity index (χ1n) is 5.72. The summed E-state index contributed by atoms with van der Waals surface area (Å²) in [6.45, 7) is 2.68. The molecular weight excluding hydrogens is 234 g/mol. The Kier molecular flexibility index (Phi) is 5.93. The zero-order valence-electron chi connectivity index (χ0n) is 10.7. The van der Waals surface area contributed by atoms with Gasteiger partial charge in [-0.2, -0.15) is 5.10 Å². The molecule has 0 atom stereocenters. The van der Waals surface area contributed by atoms with Crippen molar-refractivity contribution in [1.82, 2.24) is 25.3 Å². The van der Waals surface area contributed by atoms with Gasteiger partial charge in [-0.3, -0.25) is 4.68 Å². The predicted molar refractivity (Wildman–Crippen MR) is 73.8 cm³/mol. The zero-order valence-corrected chi connectivity index (χ0v) is 11.5. The lowest BCUT2D eigenvalue weighted by Crippen LogP contribution is -2.36. The average molecular weight is 255 g/mol. The Morgan fingerprint density at radius 3 is 2.82 bits per heavy atom. The Bertz CT molecular complexity index is 347. The van der Waals surface area contributed by atoms with Gasteiger partial charge in [-0.1, -0.05) is 0 Å². The van der Waals surface area contributed by atoms with Gasteiger partial charge in [0.2, 0.25) is 0 Å². The summed E-state index contributed by atoms with van der Waals surface area (Å²) in [4.78, 5) is 2.16. The van der Waals surface area contributed by atoms with E-state index < -0.39 is 0 Å². The fourth-order valence-corrected chi connectivity index (χ4v) is 1.58. The molecule has 0 spiro atoms. The van der Waals surface area contributed by atoms with Crippen LogP contribution in [0.15, 0.2) is 12.4 Å². The van der Waals surface area contributed by atoms with Crippen molar-refractivity contribution < 1.29 is 0 Å². The van der Waals surface area contributed by atoms with Gasteiger partial charge in [0.15, 0.2) is 5.11 Å². The van der Waals surface area contributed by atoms with E-state index in [0.717, 1.165) is 25.1 Å². The Hall–Kier alpha value is -1.14. The lowest BCUT2D eigenvalue weighted by Gasteiger charge is -2.12. The summed E-state index contributed by atoms with van der Waals surface area (Å²) < 4.78 is 1.78. The molecule has 2 N–H and O–H groups in total. The van der Waals surface area contributed by atoms with Gasteiger partial charge < -0.3 is 15.5 Å². The quantitative estimate of drug-likeness (QED) is 0.567. The van der Waals surface area contributed by atoms with E-state index >= 15 is 0 Å². The van der Waals surface area contributed by atoms with Gasteiger partial charge >= 0.3 is 0 Å².